The molecule has 0 saturated heterocycles. The van der Waals surface area contributed by atoms with Gasteiger partial charge >= 0.3 is 0 Å². The Morgan fingerprint density at radius 2 is 2.00 bits per heavy atom. The second-order valence-electron chi connectivity index (χ2n) is 6.69. The van der Waals surface area contributed by atoms with E-state index in [1.54, 1.807) is 0 Å². The summed E-state index contributed by atoms with van der Waals surface area (Å²) in [5.74, 6) is 0.862. The van der Waals surface area contributed by atoms with Crippen molar-refractivity contribution in [1.29, 1.82) is 0 Å². The van der Waals surface area contributed by atoms with Crippen LogP contribution in [0.2, 0.25) is 0 Å². The molecular formula is C18H28N2O. The average molecular weight is 288 g/mol. The predicted octanol–water partition coefficient (Wildman–Crippen LogP) is 4.16. The summed E-state index contributed by atoms with van der Waals surface area (Å²) in [4.78, 5) is 14.8. The molecule has 1 aromatic rings. The van der Waals surface area contributed by atoms with Gasteiger partial charge in [0, 0.05) is 24.8 Å². The first-order valence-electron chi connectivity index (χ1n) is 8.11. The molecule has 1 aliphatic rings. The molecular weight excluding hydrogens is 260 g/mol. The molecule has 1 aliphatic carbocycles. The van der Waals surface area contributed by atoms with Crippen LogP contribution in [-0.2, 0) is 0 Å². The maximum Gasteiger partial charge on any atom is 0.255 e. The van der Waals surface area contributed by atoms with E-state index in [-0.39, 0.29) is 5.91 Å². The first-order chi connectivity index (χ1) is 9.99. The zero-order valence-electron chi connectivity index (χ0n) is 13.7. The van der Waals surface area contributed by atoms with Crippen molar-refractivity contribution in [2.24, 2.45) is 5.92 Å². The van der Waals surface area contributed by atoms with Gasteiger partial charge < -0.3 is 10.2 Å². The van der Waals surface area contributed by atoms with Crippen LogP contribution in [0.3, 0.4) is 0 Å². The minimum atomic E-state index is 0.137. The number of carbonyl (C=O) groups excluding carboxylic acids is 1. The normalized spacial score (nSPS) is 22.1. The molecule has 116 valence electrons. The summed E-state index contributed by atoms with van der Waals surface area (Å²) < 4.78 is 0. The second-order valence-corrected chi connectivity index (χ2v) is 6.69. The Morgan fingerprint density at radius 3 is 2.67 bits per heavy atom. The summed E-state index contributed by atoms with van der Waals surface area (Å²) in [7, 11) is 1.96. The molecule has 0 radical (unpaired) electrons. The van der Waals surface area contributed by atoms with Gasteiger partial charge in [0.15, 0.2) is 0 Å². The third-order valence-electron chi connectivity index (χ3n) is 4.38. The van der Waals surface area contributed by atoms with Gasteiger partial charge in [-0.3, -0.25) is 4.79 Å². The molecule has 1 aromatic carbocycles. The largest absolute Gasteiger partial charge is 0.382 e. The molecule has 1 N–H and O–H groups in total. The van der Waals surface area contributed by atoms with Gasteiger partial charge in [-0.2, -0.15) is 0 Å². The first kappa shape index (κ1) is 15.9. The van der Waals surface area contributed by atoms with Gasteiger partial charge in [0.05, 0.1) is 5.56 Å². The lowest BCUT2D eigenvalue weighted by Gasteiger charge is -2.34. The van der Waals surface area contributed by atoms with Crippen LogP contribution in [0.5, 0.6) is 0 Å². The minimum absolute atomic E-state index is 0.137. The number of rotatable bonds is 4. The number of amides is 1. The van der Waals surface area contributed by atoms with Crippen molar-refractivity contribution in [3.8, 4) is 0 Å². The summed E-state index contributed by atoms with van der Waals surface area (Å²) in [6.45, 7) is 6.47. The Labute approximate surface area is 128 Å². The van der Waals surface area contributed by atoms with E-state index in [4.69, 9.17) is 0 Å². The highest BCUT2D eigenvalue weighted by Gasteiger charge is 2.27. The average Bonchev–Trinajstić information content (AvgIpc) is 2.46. The number of anilines is 1. The van der Waals surface area contributed by atoms with Crippen LogP contribution in [0, 0.1) is 5.92 Å². The van der Waals surface area contributed by atoms with Crippen molar-refractivity contribution in [3.05, 3.63) is 29.8 Å². The molecule has 1 saturated carbocycles. The van der Waals surface area contributed by atoms with Crippen molar-refractivity contribution in [1.82, 2.24) is 4.90 Å². The van der Waals surface area contributed by atoms with Gasteiger partial charge in [0.25, 0.3) is 5.91 Å². The second kappa shape index (κ2) is 6.97. The van der Waals surface area contributed by atoms with E-state index in [1.807, 2.05) is 36.2 Å². The molecule has 0 aliphatic heterocycles. The lowest BCUT2D eigenvalue weighted by molar-refractivity contribution is 0.0673. The number of hydrogen-bond acceptors (Lipinski definition) is 2. The van der Waals surface area contributed by atoms with E-state index in [2.05, 4.69) is 26.1 Å². The van der Waals surface area contributed by atoms with Crippen LogP contribution in [0.1, 0.15) is 56.8 Å². The topological polar surface area (TPSA) is 32.3 Å². The molecule has 0 aromatic heterocycles. The van der Waals surface area contributed by atoms with Crippen LogP contribution >= 0.6 is 0 Å². The summed E-state index contributed by atoms with van der Waals surface area (Å²) in [5.41, 5.74) is 1.72. The Bertz CT molecular complexity index is 484. The van der Waals surface area contributed by atoms with Crippen LogP contribution in [0.4, 0.5) is 5.69 Å². The molecule has 2 unspecified atom stereocenters. The number of benzene rings is 1. The fourth-order valence-corrected chi connectivity index (χ4v) is 3.22. The zero-order chi connectivity index (χ0) is 15.4. The van der Waals surface area contributed by atoms with Gasteiger partial charge in [0.2, 0.25) is 0 Å². The van der Waals surface area contributed by atoms with Crippen molar-refractivity contribution >= 4 is 11.6 Å². The third-order valence-corrected chi connectivity index (χ3v) is 4.38. The molecule has 3 nitrogen and oxygen atoms in total. The van der Waals surface area contributed by atoms with Crippen LogP contribution in [0.25, 0.3) is 0 Å². The molecule has 2 atom stereocenters. The van der Waals surface area contributed by atoms with E-state index >= 15 is 0 Å². The highest BCUT2D eigenvalue weighted by Crippen LogP contribution is 2.28. The van der Waals surface area contributed by atoms with Gasteiger partial charge in [-0.25, -0.2) is 0 Å². The van der Waals surface area contributed by atoms with Crippen molar-refractivity contribution in [3.63, 3.8) is 0 Å². The van der Waals surface area contributed by atoms with Gasteiger partial charge in [0.1, 0.15) is 0 Å². The highest BCUT2D eigenvalue weighted by atomic mass is 16.2. The predicted molar refractivity (Wildman–Crippen MR) is 88.7 cm³/mol. The maximum atomic E-state index is 12.8. The molecule has 3 heteroatoms. The molecule has 2 rings (SSSR count). The highest BCUT2D eigenvalue weighted by molar-refractivity contribution is 5.99. The number of nitrogens with zero attached hydrogens (tertiary/aromatic N) is 1. The molecule has 1 amide bonds. The molecule has 1 fully saturated rings. The van der Waals surface area contributed by atoms with E-state index in [0.717, 1.165) is 30.0 Å². The van der Waals surface area contributed by atoms with Crippen molar-refractivity contribution < 1.29 is 4.79 Å². The van der Waals surface area contributed by atoms with E-state index in [9.17, 15) is 4.79 Å². The molecule has 0 heterocycles. The number of carbonyl (C=O) groups is 1. The van der Waals surface area contributed by atoms with Crippen LogP contribution in [-0.4, -0.2) is 29.9 Å². The molecule has 21 heavy (non-hydrogen) atoms. The standard InChI is InChI=1S/C18H28N2O/c1-13(2)19-17-11-6-5-10-16(17)18(21)20(4)15-9-7-8-14(3)12-15/h5-6,10-11,13-15,19H,7-9,12H2,1-4H3. The van der Waals surface area contributed by atoms with E-state index in [1.165, 1.54) is 12.8 Å². The quantitative estimate of drug-likeness (QED) is 0.902. The fraction of sp³-hybridized carbons (Fsp3) is 0.611. The van der Waals surface area contributed by atoms with E-state index < -0.39 is 0 Å². The van der Waals surface area contributed by atoms with E-state index in [0.29, 0.717) is 12.1 Å². The fourth-order valence-electron chi connectivity index (χ4n) is 3.22. The number of para-hydroxylation sites is 1. The lowest BCUT2D eigenvalue weighted by atomic mass is 9.86. The summed E-state index contributed by atoms with van der Waals surface area (Å²) >= 11 is 0. The summed E-state index contributed by atoms with van der Waals surface area (Å²) in [6, 6.07) is 8.54. The van der Waals surface area contributed by atoms with Gasteiger partial charge in [-0.1, -0.05) is 31.9 Å². The number of nitrogens with one attached hydrogen (secondary N) is 1. The van der Waals surface area contributed by atoms with Crippen LogP contribution < -0.4 is 5.32 Å². The monoisotopic (exact) mass is 288 g/mol. The lowest BCUT2D eigenvalue weighted by Crippen LogP contribution is -2.40. The third kappa shape index (κ3) is 3.99. The van der Waals surface area contributed by atoms with Crippen molar-refractivity contribution in [2.45, 2.75) is 58.5 Å². The first-order valence-corrected chi connectivity index (χ1v) is 8.11. The Hall–Kier alpha value is -1.51. The SMILES string of the molecule is CC1CCCC(N(C)C(=O)c2ccccc2NC(C)C)C1. The summed E-state index contributed by atoms with van der Waals surface area (Å²) in [5, 5.41) is 3.37. The van der Waals surface area contributed by atoms with Gasteiger partial charge in [-0.05, 0) is 44.7 Å². The summed E-state index contributed by atoms with van der Waals surface area (Å²) in [6.07, 6.45) is 4.79. The molecule has 0 spiro atoms. The molecule has 0 bridgehead atoms. The Kier molecular flexibility index (Phi) is 5.27. The Morgan fingerprint density at radius 1 is 1.29 bits per heavy atom. The zero-order valence-corrected chi connectivity index (χ0v) is 13.7. The maximum absolute atomic E-state index is 12.8. The Balaban J connectivity index is 2.15. The van der Waals surface area contributed by atoms with Crippen molar-refractivity contribution in [2.75, 3.05) is 12.4 Å². The van der Waals surface area contributed by atoms with Crippen LogP contribution in [0.15, 0.2) is 24.3 Å². The minimum Gasteiger partial charge on any atom is -0.382 e. The van der Waals surface area contributed by atoms with Gasteiger partial charge in [-0.15, -0.1) is 0 Å². The smallest absolute Gasteiger partial charge is 0.255 e. The number of hydrogen-bond donors (Lipinski definition) is 1.